The van der Waals surface area contributed by atoms with E-state index in [1.807, 2.05) is 0 Å². The van der Waals surface area contributed by atoms with Crippen LogP contribution in [0.2, 0.25) is 0 Å². The number of thiophene rings is 1. The van der Waals surface area contributed by atoms with Gasteiger partial charge in [0.25, 0.3) is 0 Å². The van der Waals surface area contributed by atoms with Gasteiger partial charge < -0.3 is 9.32 Å². The molecule has 43 heavy (non-hydrogen) atoms. The summed E-state index contributed by atoms with van der Waals surface area (Å²) in [5.74, 6) is 0. The van der Waals surface area contributed by atoms with Gasteiger partial charge >= 0.3 is 0 Å². The number of nitrogens with zero attached hydrogens (tertiary/aromatic N) is 1. The molecule has 0 saturated carbocycles. The highest BCUT2D eigenvalue weighted by atomic mass is 32.1. The molecule has 2 aromatic heterocycles. The van der Waals surface area contributed by atoms with Gasteiger partial charge in [0.2, 0.25) is 0 Å². The molecule has 0 spiro atoms. The van der Waals surface area contributed by atoms with Gasteiger partial charge in [-0.2, -0.15) is 0 Å². The second kappa shape index (κ2) is 9.59. The van der Waals surface area contributed by atoms with Crippen LogP contribution in [-0.4, -0.2) is 0 Å². The number of benzene rings is 7. The molecule has 7 aromatic carbocycles. The molecule has 9 aromatic rings. The summed E-state index contributed by atoms with van der Waals surface area (Å²) in [6, 6.07) is -21.4. The standard InChI is InChI=1S/C40H25NOS/c1-2-10-29(11-3-1)41(35-14-8-15-36-39(35)34-24-19-27-9-4-5-12-31(27)40(34)42-36)30-21-17-26(18-22-30)28-20-23-33-32-13-6-7-16-37(32)43-38(33)25-28/h1-25H/i1D,2D,3D,4D,5D,6D,7D,8D,9D,10D,11D,12D,13D,14D,15D,16D,17D,18D,19D,20D,21D,22D,23D,24D,25D. The molecule has 2 nitrogen and oxygen atoms in total. The molecular weight excluding hydrogens is 543 g/mol. The fraction of sp³-hybridized carbons (Fsp3) is 0. The van der Waals surface area contributed by atoms with Gasteiger partial charge in [0, 0.05) is 42.3 Å². The second-order valence-corrected chi connectivity index (χ2v) is 10.0. The molecule has 0 radical (unpaired) electrons. The number of furan rings is 1. The van der Waals surface area contributed by atoms with E-state index in [1.54, 1.807) is 0 Å². The first-order valence-electron chi connectivity index (χ1n) is 25.0. The minimum atomic E-state index is -1.12. The van der Waals surface area contributed by atoms with Crippen LogP contribution in [0, 0.1) is 0 Å². The number of anilines is 3. The lowest BCUT2D eigenvalue weighted by atomic mass is 10.0. The molecule has 0 fully saturated rings. The molecule has 3 heteroatoms. The van der Waals surface area contributed by atoms with Crippen molar-refractivity contribution in [3.05, 3.63) is 151 Å². The Bertz CT molecular complexity index is 3820. The van der Waals surface area contributed by atoms with Crippen LogP contribution in [0.3, 0.4) is 0 Å². The summed E-state index contributed by atoms with van der Waals surface area (Å²) in [6.45, 7) is 0. The SMILES string of the molecule is [2H]c1c([2H])c([2H])c(N(c2c([2H])c([2H])c(-c3c([2H])c([2H])c4c(sc5c([2H])c([2H])c([2H])c([2H])c54)c3[2H])c([2H])c2[2H])c2c([2H])c([2H])c([2H])c3oc4c5c([2H])c([2H])c([2H])c([2H])c5c([2H])c([2H])c4c23)c([2H])c1[2H]. The molecule has 0 atom stereocenters. The fourth-order valence-corrected chi connectivity index (χ4v) is 5.74. The first-order valence-corrected chi connectivity index (χ1v) is 13.3. The lowest BCUT2D eigenvalue weighted by Crippen LogP contribution is -2.10. The Balaban J connectivity index is 1.47. The Labute approximate surface area is 287 Å². The molecule has 0 saturated heterocycles. The topological polar surface area (TPSA) is 16.4 Å². The number of hydrogen-bond acceptors (Lipinski definition) is 3. The van der Waals surface area contributed by atoms with Gasteiger partial charge in [0.05, 0.1) is 45.3 Å². The summed E-state index contributed by atoms with van der Waals surface area (Å²) >= 11 is 0.674. The van der Waals surface area contributed by atoms with E-state index in [2.05, 4.69) is 0 Å². The van der Waals surface area contributed by atoms with Crippen molar-refractivity contribution in [1.82, 2.24) is 0 Å². The Morgan fingerprint density at radius 2 is 1.21 bits per heavy atom. The van der Waals surface area contributed by atoms with Gasteiger partial charge in [-0.1, -0.05) is 96.7 Å². The first kappa shape index (κ1) is 10.1. The van der Waals surface area contributed by atoms with E-state index < -0.39 is 212 Å². The van der Waals surface area contributed by atoms with E-state index in [-0.39, 0.29) is 20.2 Å². The van der Waals surface area contributed by atoms with Crippen LogP contribution < -0.4 is 4.90 Å². The predicted molar refractivity (Wildman–Crippen MR) is 184 cm³/mol. The minimum absolute atomic E-state index is 0.0628. The van der Waals surface area contributed by atoms with Crippen LogP contribution in [-0.2, 0) is 0 Å². The summed E-state index contributed by atoms with van der Waals surface area (Å²) < 4.78 is 227. The summed E-state index contributed by atoms with van der Waals surface area (Å²) in [5.41, 5.74) is -5.42. The number of fused-ring (bicyclic) bond motifs is 8. The van der Waals surface area contributed by atoms with E-state index in [4.69, 9.17) is 29.1 Å². The quantitative estimate of drug-likeness (QED) is 0.202. The molecule has 0 bridgehead atoms. The third kappa shape index (κ3) is 3.86. The van der Waals surface area contributed by atoms with Crippen LogP contribution in [0.15, 0.2) is 155 Å². The third-order valence-electron chi connectivity index (χ3n) is 6.63. The van der Waals surface area contributed by atoms with E-state index in [1.165, 1.54) is 0 Å². The van der Waals surface area contributed by atoms with Crippen LogP contribution >= 0.6 is 11.3 Å². The second-order valence-electron chi connectivity index (χ2n) is 9.03. The van der Waals surface area contributed by atoms with Crippen molar-refractivity contribution >= 4 is 81.3 Å². The maximum absolute atomic E-state index is 9.51. The normalized spacial score (nSPS) is 19.9. The van der Waals surface area contributed by atoms with Crippen molar-refractivity contribution in [2.75, 3.05) is 4.90 Å². The van der Waals surface area contributed by atoms with Crippen LogP contribution in [0.25, 0.3) is 64.0 Å². The van der Waals surface area contributed by atoms with Crippen LogP contribution in [0.4, 0.5) is 17.1 Å². The zero-order valence-electron chi connectivity index (χ0n) is 46.3. The average molecular weight is 593 g/mol. The van der Waals surface area contributed by atoms with Crippen molar-refractivity contribution in [2.24, 2.45) is 0 Å². The third-order valence-corrected chi connectivity index (χ3v) is 7.65. The minimum Gasteiger partial charge on any atom is -0.455 e. The Kier molecular flexibility index (Phi) is 2.26. The maximum Gasteiger partial charge on any atom is 0.143 e. The molecule has 0 aliphatic carbocycles. The largest absolute Gasteiger partial charge is 0.455 e. The van der Waals surface area contributed by atoms with Gasteiger partial charge in [0.15, 0.2) is 0 Å². The van der Waals surface area contributed by atoms with Crippen LogP contribution in [0.5, 0.6) is 0 Å². The van der Waals surface area contributed by atoms with Crippen molar-refractivity contribution in [2.45, 2.75) is 0 Å². The molecule has 0 aliphatic rings. The molecule has 202 valence electrons. The maximum atomic E-state index is 9.51. The van der Waals surface area contributed by atoms with Crippen molar-refractivity contribution in [3.63, 3.8) is 0 Å². The predicted octanol–water partition coefficient (Wildman–Crippen LogP) is 12.2. The van der Waals surface area contributed by atoms with Crippen molar-refractivity contribution in [1.29, 1.82) is 0 Å². The van der Waals surface area contributed by atoms with Gasteiger partial charge in [-0.05, 0) is 70.9 Å². The fourth-order valence-electron chi connectivity index (χ4n) is 4.78. The monoisotopic (exact) mass is 592 g/mol. The molecule has 2 heterocycles. The van der Waals surface area contributed by atoms with Gasteiger partial charge in [0.1, 0.15) is 11.2 Å². The molecule has 0 aliphatic heterocycles. The molecule has 0 unspecified atom stereocenters. The summed E-state index contributed by atoms with van der Waals surface area (Å²) in [6.07, 6.45) is 0. The van der Waals surface area contributed by atoms with Gasteiger partial charge in [-0.3, -0.25) is 0 Å². The van der Waals surface area contributed by atoms with Crippen molar-refractivity contribution < 1.29 is 38.7 Å². The molecular formula is C40H25NOS. The van der Waals surface area contributed by atoms with E-state index >= 15 is 0 Å². The van der Waals surface area contributed by atoms with E-state index in [9.17, 15) is 9.60 Å². The highest BCUT2D eigenvalue weighted by molar-refractivity contribution is 7.25. The highest BCUT2D eigenvalue weighted by Gasteiger charge is 2.20. The zero-order valence-corrected chi connectivity index (χ0v) is 22.1. The number of hydrogen-bond donors (Lipinski definition) is 0. The Morgan fingerprint density at radius 3 is 2.09 bits per heavy atom. The summed E-state index contributed by atoms with van der Waals surface area (Å²) in [5, 5.41) is -2.44. The number of rotatable bonds is 4. The van der Waals surface area contributed by atoms with Gasteiger partial charge in [-0.25, -0.2) is 0 Å². The lowest BCUT2D eigenvalue weighted by Gasteiger charge is -2.26. The first-order chi connectivity index (χ1) is 31.7. The summed E-state index contributed by atoms with van der Waals surface area (Å²) in [7, 11) is 0. The zero-order chi connectivity index (χ0) is 50.1. The van der Waals surface area contributed by atoms with Crippen LogP contribution in [0.1, 0.15) is 34.3 Å². The molecule has 0 N–H and O–H groups in total. The lowest BCUT2D eigenvalue weighted by molar-refractivity contribution is 0.672. The molecule has 9 rings (SSSR count). The smallest absolute Gasteiger partial charge is 0.143 e. The highest BCUT2D eigenvalue weighted by Crippen LogP contribution is 2.44. The summed E-state index contributed by atoms with van der Waals surface area (Å²) in [4.78, 5) is 0.520. The van der Waals surface area contributed by atoms with Gasteiger partial charge in [-0.15, -0.1) is 11.3 Å². The van der Waals surface area contributed by atoms with Crippen molar-refractivity contribution in [3.8, 4) is 11.1 Å². The number of para-hydroxylation sites is 1. The van der Waals surface area contributed by atoms with E-state index in [0.717, 1.165) is 0 Å². The average Bonchev–Trinajstić information content (AvgIpc) is 3.91. The Hall–Kier alpha value is -5.38. The Morgan fingerprint density at radius 1 is 0.512 bits per heavy atom. The van der Waals surface area contributed by atoms with E-state index in [0.29, 0.717) is 16.2 Å². The molecule has 0 amide bonds.